The van der Waals surface area contributed by atoms with E-state index in [1.165, 1.54) is 4.57 Å². The van der Waals surface area contributed by atoms with E-state index in [9.17, 15) is 9.90 Å². The van der Waals surface area contributed by atoms with Crippen LogP contribution in [0.3, 0.4) is 0 Å². The normalized spacial score (nSPS) is 11.3. The first-order valence-electron chi connectivity index (χ1n) is 9.31. The van der Waals surface area contributed by atoms with Crippen molar-refractivity contribution in [2.45, 2.75) is 39.9 Å². The summed E-state index contributed by atoms with van der Waals surface area (Å²) in [6.45, 7) is 7.63. The van der Waals surface area contributed by atoms with Crippen LogP contribution in [0.15, 0.2) is 53.6 Å². The molecule has 0 aliphatic rings. The molecule has 3 rings (SSSR count). The maximum atomic E-state index is 12.4. The summed E-state index contributed by atoms with van der Waals surface area (Å²) in [6, 6.07) is 10.9. The van der Waals surface area contributed by atoms with E-state index in [0.717, 1.165) is 16.8 Å². The average Bonchev–Trinajstić information content (AvgIpc) is 2.66. The fourth-order valence-electron chi connectivity index (χ4n) is 2.61. The molecule has 0 aliphatic heterocycles. The molecule has 0 bridgehead atoms. The molecule has 0 spiro atoms. The zero-order valence-electron chi connectivity index (χ0n) is 17.0. The van der Waals surface area contributed by atoms with E-state index < -0.39 is 11.3 Å². The number of ether oxygens (including phenoxy) is 2. The largest absolute Gasteiger partial charge is 0.490 e. The van der Waals surface area contributed by atoms with Crippen molar-refractivity contribution in [3.05, 3.63) is 76.1 Å². The highest BCUT2D eigenvalue weighted by molar-refractivity contribution is 5.43. The number of aryl methyl sites for hydroxylation is 2. The number of hydrogen-bond donors (Lipinski definition) is 1. The summed E-state index contributed by atoms with van der Waals surface area (Å²) in [6.07, 6.45) is 3.37. The lowest BCUT2D eigenvalue weighted by Crippen LogP contribution is -2.28. The third-order valence-corrected chi connectivity index (χ3v) is 4.16. The van der Waals surface area contributed by atoms with Crippen LogP contribution in [0.5, 0.6) is 11.6 Å². The van der Waals surface area contributed by atoms with E-state index in [2.05, 4.69) is 9.97 Å². The van der Waals surface area contributed by atoms with Crippen LogP contribution < -0.4 is 15.2 Å². The van der Waals surface area contributed by atoms with Gasteiger partial charge < -0.3 is 14.6 Å². The first-order valence-corrected chi connectivity index (χ1v) is 9.31. The van der Waals surface area contributed by atoms with Gasteiger partial charge in [-0.25, -0.2) is 4.79 Å². The predicted molar refractivity (Wildman–Crippen MR) is 110 cm³/mol. The molecule has 0 radical (unpaired) electrons. The van der Waals surface area contributed by atoms with Gasteiger partial charge in [0.25, 0.3) is 0 Å². The molecule has 0 saturated carbocycles. The molecule has 29 heavy (non-hydrogen) atoms. The van der Waals surface area contributed by atoms with E-state index in [1.54, 1.807) is 44.4 Å². The second kappa shape index (κ2) is 8.45. The van der Waals surface area contributed by atoms with Crippen LogP contribution >= 0.6 is 0 Å². The highest BCUT2D eigenvalue weighted by Gasteiger charge is 2.14. The summed E-state index contributed by atoms with van der Waals surface area (Å²) < 4.78 is 12.7. The lowest BCUT2D eigenvalue weighted by molar-refractivity contribution is 0.0282. The zero-order valence-corrected chi connectivity index (χ0v) is 17.0. The Labute approximate surface area is 169 Å². The summed E-state index contributed by atoms with van der Waals surface area (Å²) >= 11 is 0. The van der Waals surface area contributed by atoms with Gasteiger partial charge in [0.2, 0.25) is 5.88 Å². The van der Waals surface area contributed by atoms with Gasteiger partial charge in [-0.2, -0.15) is 4.98 Å². The third kappa shape index (κ3) is 5.65. The summed E-state index contributed by atoms with van der Waals surface area (Å²) in [5.74, 6) is 0.914. The van der Waals surface area contributed by atoms with Gasteiger partial charge >= 0.3 is 5.69 Å². The van der Waals surface area contributed by atoms with E-state index in [0.29, 0.717) is 11.4 Å². The van der Waals surface area contributed by atoms with Gasteiger partial charge in [0.15, 0.2) is 0 Å². The number of pyridine rings is 1. The average molecular weight is 395 g/mol. The summed E-state index contributed by atoms with van der Waals surface area (Å²) in [4.78, 5) is 20.7. The second-order valence-electron chi connectivity index (χ2n) is 7.57. The van der Waals surface area contributed by atoms with Crippen LogP contribution in [0.4, 0.5) is 0 Å². The number of benzene rings is 1. The Kier molecular flexibility index (Phi) is 5.98. The Balaban J connectivity index is 1.72. The van der Waals surface area contributed by atoms with Crippen molar-refractivity contribution < 1.29 is 14.6 Å². The fraction of sp³-hybridized carbons (Fsp3) is 0.318. The molecule has 0 fully saturated rings. The molecular weight excluding hydrogens is 370 g/mol. The molecular formula is C22H25N3O4. The van der Waals surface area contributed by atoms with E-state index in [1.807, 2.05) is 32.0 Å². The number of nitrogens with zero attached hydrogens (tertiary/aromatic N) is 3. The van der Waals surface area contributed by atoms with Crippen LogP contribution in [0, 0.1) is 13.8 Å². The molecule has 0 aliphatic carbocycles. The van der Waals surface area contributed by atoms with Crippen molar-refractivity contribution in [1.29, 1.82) is 0 Å². The van der Waals surface area contributed by atoms with Crippen LogP contribution in [0.2, 0.25) is 0 Å². The molecule has 0 saturated heterocycles. The minimum Gasteiger partial charge on any atom is -0.490 e. The Bertz CT molecular complexity index is 1040. The zero-order chi connectivity index (χ0) is 21.0. The molecule has 3 aromatic rings. The molecule has 7 nitrogen and oxygen atoms in total. The van der Waals surface area contributed by atoms with Crippen molar-refractivity contribution in [3.63, 3.8) is 0 Å². The van der Waals surface area contributed by atoms with Crippen molar-refractivity contribution in [2.24, 2.45) is 0 Å². The van der Waals surface area contributed by atoms with Gasteiger partial charge in [0.05, 0.1) is 11.3 Å². The number of aliphatic hydroxyl groups is 1. The van der Waals surface area contributed by atoms with Crippen molar-refractivity contribution in [1.82, 2.24) is 14.5 Å². The van der Waals surface area contributed by atoms with Crippen LogP contribution in [-0.4, -0.2) is 31.8 Å². The van der Waals surface area contributed by atoms with Crippen LogP contribution in [0.1, 0.15) is 30.7 Å². The van der Waals surface area contributed by atoms with Gasteiger partial charge in [-0.05, 0) is 57.5 Å². The lowest BCUT2D eigenvalue weighted by atomic mass is 10.1. The third-order valence-electron chi connectivity index (χ3n) is 4.16. The molecule has 0 atom stereocenters. The molecule has 1 N–H and O–H groups in total. The van der Waals surface area contributed by atoms with Gasteiger partial charge in [-0.15, -0.1) is 0 Å². The minimum atomic E-state index is -0.920. The second-order valence-corrected chi connectivity index (χ2v) is 7.57. The highest BCUT2D eigenvalue weighted by Crippen LogP contribution is 2.22. The van der Waals surface area contributed by atoms with Crippen molar-refractivity contribution >= 4 is 0 Å². The number of rotatable bonds is 7. The van der Waals surface area contributed by atoms with Crippen molar-refractivity contribution in [3.8, 4) is 17.3 Å². The molecule has 0 amide bonds. The summed E-state index contributed by atoms with van der Waals surface area (Å²) in [7, 11) is 0. The Morgan fingerprint density at radius 1 is 1.10 bits per heavy atom. The first kappa shape index (κ1) is 20.5. The van der Waals surface area contributed by atoms with Gasteiger partial charge in [-0.3, -0.25) is 9.55 Å². The molecule has 0 unspecified atom stereocenters. The SMILES string of the molecule is Cc1ccc(COc2ccn(-c3ccc(OCC(C)(C)O)c(C)c3)c(=O)n2)cn1. The molecule has 1 aromatic carbocycles. The summed E-state index contributed by atoms with van der Waals surface area (Å²) in [5.41, 5.74) is 2.00. The highest BCUT2D eigenvalue weighted by atomic mass is 16.5. The molecule has 152 valence electrons. The Hall–Kier alpha value is -3.19. The van der Waals surface area contributed by atoms with Crippen LogP contribution in [0.25, 0.3) is 5.69 Å². The number of aromatic nitrogens is 3. The topological polar surface area (TPSA) is 86.5 Å². The molecule has 2 heterocycles. The predicted octanol–water partition coefficient (Wildman–Crippen LogP) is 2.97. The van der Waals surface area contributed by atoms with Crippen LogP contribution in [-0.2, 0) is 6.61 Å². The standard InChI is InChI=1S/C22H25N3O4/c1-15-11-18(7-8-19(15)29-14-22(3,4)27)25-10-9-20(24-21(25)26)28-13-17-6-5-16(2)23-12-17/h5-12,27H,13-14H2,1-4H3. The molecule has 7 heteroatoms. The van der Waals surface area contributed by atoms with Crippen molar-refractivity contribution in [2.75, 3.05) is 6.61 Å². The van der Waals surface area contributed by atoms with Gasteiger partial charge in [0.1, 0.15) is 19.0 Å². The lowest BCUT2D eigenvalue weighted by Gasteiger charge is -2.19. The Morgan fingerprint density at radius 2 is 1.90 bits per heavy atom. The van der Waals surface area contributed by atoms with E-state index in [4.69, 9.17) is 9.47 Å². The minimum absolute atomic E-state index is 0.178. The smallest absolute Gasteiger partial charge is 0.355 e. The maximum Gasteiger partial charge on any atom is 0.355 e. The number of hydrogen-bond acceptors (Lipinski definition) is 6. The van der Waals surface area contributed by atoms with Gasteiger partial charge in [0, 0.05) is 29.7 Å². The first-order chi connectivity index (χ1) is 13.7. The maximum absolute atomic E-state index is 12.4. The monoisotopic (exact) mass is 395 g/mol. The fourth-order valence-corrected chi connectivity index (χ4v) is 2.61. The Morgan fingerprint density at radius 3 is 2.52 bits per heavy atom. The van der Waals surface area contributed by atoms with E-state index >= 15 is 0 Å². The summed E-state index contributed by atoms with van der Waals surface area (Å²) in [5, 5.41) is 9.80. The molecule has 2 aromatic heterocycles. The quantitative estimate of drug-likeness (QED) is 0.662. The van der Waals surface area contributed by atoms with E-state index in [-0.39, 0.29) is 19.1 Å². The van der Waals surface area contributed by atoms with Gasteiger partial charge in [-0.1, -0.05) is 6.07 Å².